The maximum absolute atomic E-state index is 4.89. The molecule has 27 heavy (non-hydrogen) atoms. The van der Waals surface area contributed by atoms with Crippen LogP contribution in [0, 0.1) is 0 Å². The van der Waals surface area contributed by atoms with Crippen molar-refractivity contribution in [2.45, 2.75) is 19.4 Å². The lowest BCUT2D eigenvalue weighted by Crippen LogP contribution is -2.47. The smallest absolute Gasteiger partial charge is 0.157 e. The van der Waals surface area contributed by atoms with Crippen LogP contribution in [0.3, 0.4) is 0 Å². The first-order valence-electron chi connectivity index (χ1n) is 9.96. The fourth-order valence-electron chi connectivity index (χ4n) is 4.30. The lowest BCUT2D eigenvalue weighted by molar-refractivity contribution is 0.249. The molecule has 140 valence electrons. The van der Waals surface area contributed by atoms with Crippen LogP contribution in [0.15, 0.2) is 42.6 Å². The Labute approximate surface area is 159 Å². The molecule has 4 heterocycles. The van der Waals surface area contributed by atoms with E-state index in [9.17, 15) is 0 Å². The predicted octanol–water partition coefficient (Wildman–Crippen LogP) is 1.74. The van der Waals surface area contributed by atoms with Crippen molar-refractivity contribution in [2.24, 2.45) is 0 Å². The minimum atomic E-state index is 0.970. The number of hydrogen-bond donors (Lipinski definition) is 1. The van der Waals surface area contributed by atoms with Gasteiger partial charge in [0, 0.05) is 57.3 Å². The third kappa shape index (κ3) is 3.31. The van der Waals surface area contributed by atoms with Gasteiger partial charge in [-0.05, 0) is 18.5 Å². The lowest BCUT2D eigenvalue weighted by Gasteiger charge is -2.37. The second kappa shape index (κ2) is 7.29. The summed E-state index contributed by atoms with van der Waals surface area (Å²) in [5, 5.41) is 8.11. The van der Waals surface area contributed by atoms with Crippen LogP contribution in [0.4, 0.5) is 5.82 Å². The van der Waals surface area contributed by atoms with Crippen molar-refractivity contribution in [2.75, 3.05) is 44.2 Å². The van der Waals surface area contributed by atoms with Gasteiger partial charge in [0.2, 0.25) is 0 Å². The highest BCUT2D eigenvalue weighted by Gasteiger charge is 2.25. The third-order valence-corrected chi connectivity index (χ3v) is 5.70. The number of fused-ring (bicyclic) bond motifs is 2. The van der Waals surface area contributed by atoms with E-state index in [4.69, 9.17) is 4.98 Å². The predicted molar refractivity (Wildman–Crippen MR) is 107 cm³/mol. The molecule has 0 unspecified atom stereocenters. The minimum Gasteiger partial charge on any atom is -0.354 e. The molecule has 3 aromatic rings. The van der Waals surface area contributed by atoms with E-state index in [2.05, 4.69) is 55.1 Å². The van der Waals surface area contributed by atoms with Crippen LogP contribution >= 0.6 is 0 Å². The van der Waals surface area contributed by atoms with Gasteiger partial charge in [0.05, 0.1) is 11.9 Å². The van der Waals surface area contributed by atoms with E-state index in [1.165, 1.54) is 22.6 Å². The monoisotopic (exact) mass is 362 g/mol. The molecule has 0 aliphatic carbocycles. The van der Waals surface area contributed by atoms with Crippen LogP contribution in [-0.2, 0) is 19.4 Å². The number of benzene rings is 1. The largest absolute Gasteiger partial charge is 0.354 e. The van der Waals surface area contributed by atoms with Gasteiger partial charge in [-0.3, -0.25) is 4.90 Å². The SMILES string of the molecule is c1ccc(CN2CCN(c3c4c(nc5ccnn35)CCNCC4)CC2)cc1. The molecular formula is C21H26N6. The summed E-state index contributed by atoms with van der Waals surface area (Å²) in [4.78, 5) is 9.96. The van der Waals surface area contributed by atoms with Gasteiger partial charge in [0.25, 0.3) is 0 Å². The molecule has 0 radical (unpaired) electrons. The highest BCUT2D eigenvalue weighted by molar-refractivity contribution is 5.58. The number of nitrogens with one attached hydrogen (secondary N) is 1. The first-order chi connectivity index (χ1) is 13.4. The van der Waals surface area contributed by atoms with E-state index in [0.29, 0.717) is 0 Å². The summed E-state index contributed by atoms with van der Waals surface area (Å²) < 4.78 is 2.05. The Morgan fingerprint density at radius 1 is 0.926 bits per heavy atom. The summed E-state index contributed by atoms with van der Waals surface area (Å²) >= 11 is 0. The van der Waals surface area contributed by atoms with E-state index in [0.717, 1.165) is 64.3 Å². The van der Waals surface area contributed by atoms with Crippen molar-refractivity contribution in [3.05, 3.63) is 59.4 Å². The maximum atomic E-state index is 4.89. The number of piperazine rings is 1. The van der Waals surface area contributed by atoms with E-state index >= 15 is 0 Å². The number of anilines is 1. The topological polar surface area (TPSA) is 48.7 Å². The van der Waals surface area contributed by atoms with Gasteiger partial charge in [-0.25, -0.2) is 4.98 Å². The highest BCUT2D eigenvalue weighted by Crippen LogP contribution is 2.27. The minimum absolute atomic E-state index is 0.970. The summed E-state index contributed by atoms with van der Waals surface area (Å²) in [5.74, 6) is 1.27. The summed E-state index contributed by atoms with van der Waals surface area (Å²) in [6.45, 7) is 7.28. The summed E-state index contributed by atoms with van der Waals surface area (Å²) in [6.07, 6.45) is 3.89. The summed E-state index contributed by atoms with van der Waals surface area (Å²) in [5.41, 5.74) is 4.99. The average Bonchev–Trinajstić information content (AvgIpc) is 3.04. The van der Waals surface area contributed by atoms with E-state index in [1.807, 2.05) is 12.3 Å². The Morgan fingerprint density at radius 3 is 2.59 bits per heavy atom. The molecule has 6 nitrogen and oxygen atoms in total. The molecular weight excluding hydrogens is 336 g/mol. The number of rotatable bonds is 3. The van der Waals surface area contributed by atoms with E-state index < -0.39 is 0 Å². The van der Waals surface area contributed by atoms with E-state index in [1.54, 1.807) is 0 Å². The summed E-state index contributed by atoms with van der Waals surface area (Å²) in [6, 6.07) is 12.8. The standard InChI is InChI=1S/C21H26N6/c1-2-4-17(5-3-1)16-25-12-14-26(15-13-25)21-18-6-9-22-10-7-19(18)24-20-8-11-23-27(20)21/h1-5,8,11,22H,6-7,9-10,12-16H2. The molecule has 0 spiro atoms. The van der Waals surface area contributed by atoms with Crippen LogP contribution in [-0.4, -0.2) is 58.8 Å². The van der Waals surface area contributed by atoms with Crippen molar-refractivity contribution < 1.29 is 0 Å². The Morgan fingerprint density at radius 2 is 1.74 bits per heavy atom. The van der Waals surface area contributed by atoms with E-state index in [-0.39, 0.29) is 0 Å². The fraction of sp³-hybridized carbons (Fsp3) is 0.429. The number of hydrogen-bond acceptors (Lipinski definition) is 5. The molecule has 1 fully saturated rings. The average molecular weight is 362 g/mol. The quantitative estimate of drug-likeness (QED) is 0.769. The van der Waals surface area contributed by atoms with Crippen LogP contribution in [0.2, 0.25) is 0 Å². The van der Waals surface area contributed by atoms with Crippen molar-refractivity contribution in [3.63, 3.8) is 0 Å². The van der Waals surface area contributed by atoms with Gasteiger partial charge < -0.3 is 10.2 Å². The second-order valence-corrected chi connectivity index (χ2v) is 7.46. The Bertz CT molecular complexity index is 911. The maximum Gasteiger partial charge on any atom is 0.157 e. The van der Waals surface area contributed by atoms with Crippen molar-refractivity contribution in [1.82, 2.24) is 24.8 Å². The van der Waals surface area contributed by atoms with Crippen molar-refractivity contribution in [3.8, 4) is 0 Å². The lowest BCUT2D eigenvalue weighted by atomic mass is 10.1. The molecule has 1 aromatic carbocycles. The molecule has 0 amide bonds. The number of nitrogens with zero attached hydrogens (tertiary/aromatic N) is 5. The Hall–Kier alpha value is -2.44. The van der Waals surface area contributed by atoms with Crippen LogP contribution in [0.1, 0.15) is 16.8 Å². The Balaban J connectivity index is 1.40. The first kappa shape index (κ1) is 16.7. The zero-order chi connectivity index (χ0) is 18.1. The van der Waals surface area contributed by atoms with Crippen molar-refractivity contribution >= 4 is 11.5 Å². The van der Waals surface area contributed by atoms with Gasteiger partial charge in [-0.1, -0.05) is 30.3 Å². The molecule has 5 rings (SSSR count). The van der Waals surface area contributed by atoms with Gasteiger partial charge in [0.15, 0.2) is 5.65 Å². The molecule has 0 saturated carbocycles. The fourth-order valence-corrected chi connectivity index (χ4v) is 4.30. The van der Waals surface area contributed by atoms with Gasteiger partial charge in [0.1, 0.15) is 5.82 Å². The molecule has 0 bridgehead atoms. The number of aromatic nitrogens is 3. The van der Waals surface area contributed by atoms with Gasteiger partial charge in [-0.15, -0.1) is 0 Å². The molecule has 2 aliphatic heterocycles. The first-order valence-corrected chi connectivity index (χ1v) is 9.96. The zero-order valence-corrected chi connectivity index (χ0v) is 15.6. The molecule has 1 N–H and O–H groups in total. The van der Waals surface area contributed by atoms with Gasteiger partial charge >= 0.3 is 0 Å². The molecule has 1 saturated heterocycles. The second-order valence-electron chi connectivity index (χ2n) is 7.46. The molecule has 6 heteroatoms. The normalized spacial score (nSPS) is 18.4. The van der Waals surface area contributed by atoms with Gasteiger partial charge in [-0.2, -0.15) is 9.61 Å². The Kier molecular flexibility index (Phi) is 4.51. The summed E-state index contributed by atoms with van der Waals surface area (Å²) in [7, 11) is 0. The third-order valence-electron chi connectivity index (χ3n) is 5.70. The molecule has 2 aliphatic rings. The van der Waals surface area contributed by atoms with Crippen LogP contribution in [0.25, 0.3) is 5.65 Å². The van der Waals surface area contributed by atoms with Crippen LogP contribution < -0.4 is 10.2 Å². The molecule has 0 atom stereocenters. The zero-order valence-electron chi connectivity index (χ0n) is 15.6. The molecule has 2 aromatic heterocycles. The van der Waals surface area contributed by atoms with Crippen molar-refractivity contribution in [1.29, 1.82) is 0 Å². The van der Waals surface area contributed by atoms with Crippen LogP contribution in [0.5, 0.6) is 0 Å². The highest BCUT2D eigenvalue weighted by atomic mass is 15.4.